The molecule has 0 atom stereocenters. The van der Waals surface area contributed by atoms with Gasteiger partial charge in [-0.1, -0.05) is 0 Å². The van der Waals surface area contributed by atoms with Gasteiger partial charge in [-0.05, 0) is 38.1 Å². The Hall–Kier alpha value is -3.49. The molecule has 3 rings (SSSR count). The van der Waals surface area contributed by atoms with Gasteiger partial charge in [0.25, 0.3) is 5.56 Å². The summed E-state index contributed by atoms with van der Waals surface area (Å²) in [5, 5.41) is 0.156. The van der Waals surface area contributed by atoms with Gasteiger partial charge < -0.3 is 9.47 Å². The van der Waals surface area contributed by atoms with Gasteiger partial charge in [0.1, 0.15) is 17.7 Å². The van der Waals surface area contributed by atoms with Gasteiger partial charge in [0.05, 0.1) is 13.7 Å². The third-order valence-corrected chi connectivity index (χ3v) is 4.22. The van der Waals surface area contributed by atoms with E-state index in [1.165, 1.54) is 10.8 Å². The molecule has 0 unspecified atom stereocenters. The van der Waals surface area contributed by atoms with E-state index in [2.05, 4.69) is 9.97 Å². The van der Waals surface area contributed by atoms with E-state index >= 15 is 0 Å². The second-order valence-electron chi connectivity index (χ2n) is 5.88. The van der Waals surface area contributed by atoms with E-state index in [1.807, 2.05) is 0 Å². The van der Waals surface area contributed by atoms with Crippen molar-refractivity contribution in [2.24, 2.45) is 0 Å². The summed E-state index contributed by atoms with van der Waals surface area (Å²) in [6.45, 7) is 3.39. The van der Waals surface area contributed by atoms with Crippen LogP contribution in [-0.4, -0.2) is 38.8 Å². The van der Waals surface area contributed by atoms with Gasteiger partial charge in [0, 0.05) is 18.3 Å². The van der Waals surface area contributed by atoms with Crippen LogP contribution in [0.3, 0.4) is 0 Å². The third-order valence-electron chi connectivity index (χ3n) is 4.22. The SMILES string of the molecule is CCOC(=O)Cn1c(=O)c2cnc(-c3ccc(OC)cc3)nc2n(CC)c1=O. The van der Waals surface area contributed by atoms with Crippen LogP contribution in [0, 0.1) is 0 Å². The molecular weight excluding hydrogens is 364 g/mol. The second-order valence-corrected chi connectivity index (χ2v) is 5.88. The van der Waals surface area contributed by atoms with Gasteiger partial charge in [0.15, 0.2) is 11.5 Å². The maximum Gasteiger partial charge on any atom is 0.333 e. The van der Waals surface area contributed by atoms with Crippen molar-refractivity contribution in [1.82, 2.24) is 19.1 Å². The number of fused-ring (bicyclic) bond motifs is 1. The first kappa shape index (κ1) is 19.3. The number of carbonyl (C=O) groups is 1. The number of aromatic nitrogens is 4. The van der Waals surface area contributed by atoms with Gasteiger partial charge in [0.2, 0.25) is 0 Å². The summed E-state index contributed by atoms with van der Waals surface area (Å²) in [5.74, 6) is 0.413. The standard InChI is InChI=1S/C19H20N4O5/c1-4-22-17-14(18(25)23(19(22)26)11-15(24)28-5-2)10-20-16(21-17)12-6-8-13(27-3)9-7-12/h6-10H,4-5,11H2,1-3H3. The zero-order valence-electron chi connectivity index (χ0n) is 15.8. The average Bonchev–Trinajstić information content (AvgIpc) is 2.71. The Morgan fingerprint density at radius 1 is 1.11 bits per heavy atom. The van der Waals surface area contributed by atoms with E-state index in [-0.39, 0.29) is 24.2 Å². The number of benzene rings is 1. The first-order valence-corrected chi connectivity index (χ1v) is 8.80. The topological polar surface area (TPSA) is 105 Å². The molecule has 0 amide bonds. The molecular formula is C19H20N4O5. The number of carbonyl (C=O) groups excluding carboxylic acids is 1. The molecule has 0 saturated heterocycles. The molecule has 2 aromatic heterocycles. The minimum absolute atomic E-state index is 0.156. The molecule has 146 valence electrons. The van der Waals surface area contributed by atoms with Crippen LogP contribution in [0.2, 0.25) is 0 Å². The largest absolute Gasteiger partial charge is 0.497 e. The lowest BCUT2D eigenvalue weighted by Crippen LogP contribution is -2.42. The highest BCUT2D eigenvalue weighted by atomic mass is 16.5. The van der Waals surface area contributed by atoms with Crippen molar-refractivity contribution >= 4 is 17.0 Å². The summed E-state index contributed by atoms with van der Waals surface area (Å²) < 4.78 is 12.2. The van der Waals surface area contributed by atoms with Crippen LogP contribution < -0.4 is 16.0 Å². The molecule has 0 saturated carbocycles. The van der Waals surface area contributed by atoms with Crippen LogP contribution in [0.4, 0.5) is 0 Å². The lowest BCUT2D eigenvalue weighted by Gasteiger charge is -2.12. The molecule has 1 aromatic carbocycles. The molecule has 0 aliphatic heterocycles. The molecule has 2 heterocycles. The Morgan fingerprint density at radius 2 is 1.82 bits per heavy atom. The minimum Gasteiger partial charge on any atom is -0.497 e. The molecule has 0 aliphatic carbocycles. The Balaban J connectivity index is 2.17. The number of ether oxygens (including phenoxy) is 2. The third kappa shape index (κ3) is 3.51. The van der Waals surface area contributed by atoms with Gasteiger partial charge in [-0.3, -0.25) is 14.2 Å². The van der Waals surface area contributed by atoms with Crippen molar-refractivity contribution < 1.29 is 14.3 Å². The molecule has 28 heavy (non-hydrogen) atoms. The van der Waals surface area contributed by atoms with Gasteiger partial charge in [-0.15, -0.1) is 0 Å². The second kappa shape index (κ2) is 8.03. The molecule has 9 heteroatoms. The van der Waals surface area contributed by atoms with Crippen molar-refractivity contribution in [1.29, 1.82) is 0 Å². The zero-order chi connectivity index (χ0) is 20.3. The monoisotopic (exact) mass is 384 g/mol. The molecule has 0 aliphatic rings. The van der Waals surface area contributed by atoms with E-state index in [4.69, 9.17) is 9.47 Å². The van der Waals surface area contributed by atoms with Gasteiger partial charge >= 0.3 is 11.7 Å². The Bertz CT molecular complexity index is 1130. The van der Waals surface area contributed by atoms with Gasteiger partial charge in [-0.25, -0.2) is 19.3 Å². The predicted octanol–water partition coefficient (Wildman–Crippen LogP) is 1.21. The van der Waals surface area contributed by atoms with Crippen LogP contribution >= 0.6 is 0 Å². The summed E-state index contributed by atoms with van der Waals surface area (Å²) >= 11 is 0. The quantitative estimate of drug-likeness (QED) is 0.588. The van der Waals surface area contributed by atoms with Crippen molar-refractivity contribution in [2.45, 2.75) is 26.9 Å². The fourth-order valence-electron chi connectivity index (χ4n) is 2.84. The van der Waals surface area contributed by atoms with E-state index in [0.29, 0.717) is 17.1 Å². The Labute approximate surface area is 160 Å². The fourth-order valence-corrected chi connectivity index (χ4v) is 2.84. The van der Waals surface area contributed by atoms with Crippen LogP contribution in [0.15, 0.2) is 40.1 Å². The Kier molecular flexibility index (Phi) is 5.53. The molecule has 0 N–H and O–H groups in total. The molecule has 0 fully saturated rings. The van der Waals surface area contributed by atoms with E-state index in [9.17, 15) is 14.4 Å². The van der Waals surface area contributed by atoms with E-state index in [0.717, 1.165) is 4.57 Å². The lowest BCUT2D eigenvalue weighted by atomic mass is 10.2. The number of nitrogens with zero attached hydrogens (tertiary/aromatic N) is 4. The van der Waals surface area contributed by atoms with Crippen LogP contribution in [0.1, 0.15) is 13.8 Å². The molecule has 0 bridgehead atoms. The highest BCUT2D eigenvalue weighted by Crippen LogP contribution is 2.20. The predicted molar refractivity (Wildman–Crippen MR) is 102 cm³/mol. The van der Waals surface area contributed by atoms with E-state index in [1.54, 1.807) is 45.2 Å². The highest BCUT2D eigenvalue weighted by molar-refractivity contribution is 5.76. The number of hydrogen-bond acceptors (Lipinski definition) is 7. The lowest BCUT2D eigenvalue weighted by molar-refractivity contribution is -0.143. The maximum absolute atomic E-state index is 12.7. The number of hydrogen-bond donors (Lipinski definition) is 0. The molecule has 9 nitrogen and oxygen atoms in total. The summed E-state index contributed by atoms with van der Waals surface area (Å²) in [6.07, 6.45) is 1.37. The number of methoxy groups -OCH3 is 1. The van der Waals surface area contributed by atoms with E-state index < -0.39 is 23.8 Å². The molecule has 0 radical (unpaired) electrons. The minimum atomic E-state index is -0.653. The smallest absolute Gasteiger partial charge is 0.333 e. The van der Waals surface area contributed by atoms with Crippen molar-refractivity contribution in [2.75, 3.05) is 13.7 Å². The summed E-state index contributed by atoms with van der Waals surface area (Å²) in [7, 11) is 1.57. The van der Waals surface area contributed by atoms with Crippen molar-refractivity contribution in [3.8, 4) is 17.1 Å². The summed E-state index contributed by atoms with van der Waals surface area (Å²) in [5.41, 5.74) is -0.307. The Morgan fingerprint density at radius 3 is 2.43 bits per heavy atom. The normalized spacial score (nSPS) is 10.8. The maximum atomic E-state index is 12.7. The molecule has 0 spiro atoms. The first-order valence-electron chi connectivity index (χ1n) is 8.80. The average molecular weight is 384 g/mol. The number of rotatable bonds is 6. The van der Waals surface area contributed by atoms with Crippen LogP contribution in [0.25, 0.3) is 22.4 Å². The van der Waals surface area contributed by atoms with Crippen LogP contribution in [0.5, 0.6) is 5.75 Å². The zero-order valence-corrected chi connectivity index (χ0v) is 15.8. The summed E-state index contributed by atoms with van der Waals surface area (Å²) in [6, 6.07) is 7.12. The first-order chi connectivity index (χ1) is 13.5. The van der Waals surface area contributed by atoms with Gasteiger partial charge in [-0.2, -0.15) is 0 Å². The fraction of sp³-hybridized carbons (Fsp3) is 0.316. The molecule has 3 aromatic rings. The summed E-state index contributed by atoms with van der Waals surface area (Å²) in [4.78, 5) is 45.9. The van der Waals surface area contributed by atoms with Crippen molar-refractivity contribution in [3.63, 3.8) is 0 Å². The van der Waals surface area contributed by atoms with Crippen molar-refractivity contribution in [3.05, 3.63) is 51.3 Å². The van der Waals surface area contributed by atoms with Crippen LogP contribution in [-0.2, 0) is 22.6 Å². The highest BCUT2D eigenvalue weighted by Gasteiger charge is 2.17. The number of aryl methyl sites for hydroxylation is 1. The number of esters is 1.